The molecule has 2 N–H and O–H groups in total. The zero-order valence-corrected chi connectivity index (χ0v) is 10.3. The second-order valence-corrected chi connectivity index (χ2v) is 4.08. The minimum absolute atomic E-state index is 0.0930. The van der Waals surface area contributed by atoms with Crippen LogP contribution in [0.1, 0.15) is 5.56 Å². The lowest BCUT2D eigenvalue weighted by molar-refractivity contribution is -0.276. The third-order valence-corrected chi connectivity index (χ3v) is 3.15. The summed E-state index contributed by atoms with van der Waals surface area (Å²) in [5.74, 6) is -0.542. The Hall–Kier alpha value is -0.340. The molecule has 0 saturated heterocycles. The van der Waals surface area contributed by atoms with Gasteiger partial charge in [-0.3, -0.25) is 0 Å². The summed E-state index contributed by atoms with van der Waals surface area (Å²) in [5, 5.41) is 0. The molecular weight excluding hydrogens is 345 g/mol. The van der Waals surface area contributed by atoms with Crippen LogP contribution >= 0.6 is 31.9 Å². The lowest BCUT2D eigenvalue weighted by Gasteiger charge is -2.12. The SMILES string of the molecule is NCc1cc(Br)c(Br)nc1OC(F)(F)F. The topological polar surface area (TPSA) is 48.1 Å². The lowest BCUT2D eigenvalue weighted by Crippen LogP contribution is -2.19. The number of rotatable bonds is 2. The first kappa shape index (κ1) is 12.7. The molecule has 0 aliphatic heterocycles. The Labute approximate surface area is 100 Å². The summed E-state index contributed by atoms with van der Waals surface area (Å²) in [6.45, 7) is -0.0930. The van der Waals surface area contributed by atoms with Crippen molar-refractivity contribution < 1.29 is 17.9 Å². The van der Waals surface area contributed by atoms with E-state index in [2.05, 4.69) is 41.6 Å². The monoisotopic (exact) mass is 348 g/mol. The standard InChI is InChI=1S/C7H5Br2F3N2O/c8-4-1-3(2-13)6(14-5(4)9)15-7(10,11)12/h1H,2,13H2. The number of pyridine rings is 1. The number of halogens is 5. The van der Waals surface area contributed by atoms with Crippen molar-refractivity contribution in [3.8, 4) is 5.88 Å². The number of nitrogens with two attached hydrogens (primary N) is 1. The van der Waals surface area contributed by atoms with E-state index < -0.39 is 12.2 Å². The van der Waals surface area contributed by atoms with Gasteiger partial charge in [0.2, 0.25) is 5.88 Å². The molecule has 0 bridgehead atoms. The summed E-state index contributed by atoms with van der Waals surface area (Å²) in [6, 6.07) is 1.41. The fourth-order valence-corrected chi connectivity index (χ4v) is 1.47. The minimum Gasteiger partial charge on any atom is -0.387 e. The number of aromatic nitrogens is 1. The highest BCUT2D eigenvalue weighted by atomic mass is 79.9. The fourth-order valence-electron chi connectivity index (χ4n) is 0.833. The van der Waals surface area contributed by atoms with Crippen LogP contribution in [0.25, 0.3) is 0 Å². The summed E-state index contributed by atoms with van der Waals surface area (Å²) in [4.78, 5) is 3.58. The zero-order valence-electron chi connectivity index (χ0n) is 7.11. The number of hydrogen-bond donors (Lipinski definition) is 1. The Morgan fingerprint density at radius 1 is 1.40 bits per heavy atom. The van der Waals surface area contributed by atoms with Crippen molar-refractivity contribution in [2.45, 2.75) is 12.9 Å². The first-order chi connectivity index (χ1) is 6.83. The van der Waals surface area contributed by atoms with Crippen LogP contribution in [0.5, 0.6) is 5.88 Å². The van der Waals surface area contributed by atoms with Gasteiger partial charge in [-0.2, -0.15) is 0 Å². The van der Waals surface area contributed by atoms with Gasteiger partial charge in [-0.15, -0.1) is 13.2 Å². The Bertz CT molecular complexity index is 370. The Morgan fingerprint density at radius 3 is 2.47 bits per heavy atom. The van der Waals surface area contributed by atoms with Crippen molar-refractivity contribution in [1.82, 2.24) is 4.98 Å². The molecule has 84 valence electrons. The molecule has 0 saturated carbocycles. The van der Waals surface area contributed by atoms with Gasteiger partial charge in [-0.25, -0.2) is 4.98 Å². The molecule has 0 atom stereocenters. The first-order valence-electron chi connectivity index (χ1n) is 3.64. The van der Waals surface area contributed by atoms with E-state index in [0.717, 1.165) is 0 Å². The molecule has 15 heavy (non-hydrogen) atoms. The molecule has 8 heteroatoms. The van der Waals surface area contributed by atoms with Gasteiger partial charge < -0.3 is 10.5 Å². The Balaban J connectivity index is 3.11. The average molecular weight is 350 g/mol. The molecule has 1 aromatic rings. The van der Waals surface area contributed by atoms with Gasteiger partial charge in [0.05, 0.1) is 4.47 Å². The van der Waals surface area contributed by atoms with Gasteiger partial charge in [0, 0.05) is 12.1 Å². The van der Waals surface area contributed by atoms with E-state index in [-0.39, 0.29) is 16.7 Å². The first-order valence-corrected chi connectivity index (χ1v) is 5.23. The van der Waals surface area contributed by atoms with Gasteiger partial charge in [-0.05, 0) is 37.9 Å². The number of hydrogen-bond acceptors (Lipinski definition) is 3. The fraction of sp³-hybridized carbons (Fsp3) is 0.286. The lowest BCUT2D eigenvalue weighted by atomic mass is 10.3. The van der Waals surface area contributed by atoms with Crippen molar-refractivity contribution in [3.63, 3.8) is 0 Å². The highest BCUT2D eigenvalue weighted by Gasteiger charge is 2.33. The predicted molar refractivity (Wildman–Crippen MR) is 54.2 cm³/mol. The molecule has 0 fully saturated rings. The molecule has 0 spiro atoms. The van der Waals surface area contributed by atoms with Crippen LogP contribution in [0.2, 0.25) is 0 Å². The third kappa shape index (κ3) is 3.62. The summed E-state index contributed by atoms with van der Waals surface area (Å²) >= 11 is 6.07. The molecular formula is C7H5Br2F3N2O. The van der Waals surface area contributed by atoms with E-state index in [1.165, 1.54) is 6.07 Å². The summed E-state index contributed by atoms with van der Waals surface area (Å²) in [7, 11) is 0. The van der Waals surface area contributed by atoms with Gasteiger partial charge >= 0.3 is 6.36 Å². The summed E-state index contributed by atoms with van der Waals surface area (Å²) in [6.07, 6.45) is -4.77. The largest absolute Gasteiger partial charge is 0.574 e. The number of nitrogens with zero attached hydrogens (tertiary/aromatic N) is 1. The average Bonchev–Trinajstić information content (AvgIpc) is 2.08. The van der Waals surface area contributed by atoms with Crippen molar-refractivity contribution in [2.24, 2.45) is 5.73 Å². The molecule has 1 rings (SSSR count). The quantitative estimate of drug-likeness (QED) is 0.835. The highest BCUT2D eigenvalue weighted by molar-refractivity contribution is 9.13. The molecule has 0 amide bonds. The normalized spacial score (nSPS) is 11.6. The van der Waals surface area contributed by atoms with Crippen molar-refractivity contribution >= 4 is 31.9 Å². The van der Waals surface area contributed by atoms with Gasteiger partial charge in [0.1, 0.15) is 4.60 Å². The maximum Gasteiger partial charge on any atom is 0.574 e. The predicted octanol–water partition coefficient (Wildman–Crippen LogP) is 2.96. The maximum absolute atomic E-state index is 12.0. The van der Waals surface area contributed by atoms with Crippen molar-refractivity contribution in [1.29, 1.82) is 0 Å². The molecule has 3 nitrogen and oxygen atoms in total. The van der Waals surface area contributed by atoms with E-state index in [1.807, 2.05) is 0 Å². The van der Waals surface area contributed by atoms with E-state index in [1.54, 1.807) is 0 Å². The van der Waals surface area contributed by atoms with Crippen LogP contribution in [0.15, 0.2) is 15.1 Å². The van der Waals surface area contributed by atoms with Gasteiger partial charge in [0.25, 0.3) is 0 Å². The molecule has 0 radical (unpaired) electrons. The van der Waals surface area contributed by atoms with E-state index in [0.29, 0.717) is 4.47 Å². The van der Waals surface area contributed by atoms with E-state index >= 15 is 0 Å². The highest BCUT2D eigenvalue weighted by Crippen LogP contribution is 2.30. The Kier molecular flexibility index (Phi) is 3.96. The molecule has 1 heterocycles. The molecule has 0 aliphatic carbocycles. The smallest absolute Gasteiger partial charge is 0.387 e. The van der Waals surface area contributed by atoms with Crippen LogP contribution < -0.4 is 10.5 Å². The van der Waals surface area contributed by atoms with Crippen molar-refractivity contribution in [2.75, 3.05) is 0 Å². The van der Waals surface area contributed by atoms with Crippen LogP contribution in [0.4, 0.5) is 13.2 Å². The molecule has 0 aromatic carbocycles. The van der Waals surface area contributed by atoms with Crippen LogP contribution in [-0.2, 0) is 6.54 Å². The van der Waals surface area contributed by atoms with Crippen LogP contribution in [0.3, 0.4) is 0 Å². The second kappa shape index (κ2) is 4.67. The number of alkyl halides is 3. The third-order valence-electron chi connectivity index (χ3n) is 1.40. The van der Waals surface area contributed by atoms with Gasteiger partial charge in [0.15, 0.2) is 0 Å². The maximum atomic E-state index is 12.0. The number of ether oxygens (including phenoxy) is 1. The second-order valence-electron chi connectivity index (χ2n) is 2.48. The van der Waals surface area contributed by atoms with Crippen molar-refractivity contribution in [3.05, 3.63) is 20.7 Å². The minimum atomic E-state index is -4.77. The van der Waals surface area contributed by atoms with E-state index in [9.17, 15) is 13.2 Å². The molecule has 1 aromatic heterocycles. The molecule has 0 unspecified atom stereocenters. The molecule has 0 aliphatic rings. The van der Waals surface area contributed by atoms with Gasteiger partial charge in [-0.1, -0.05) is 0 Å². The van der Waals surface area contributed by atoms with Crippen LogP contribution in [-0.4, -0.2) is 11.3 Å². The zero-order chi connectivity index (χ0) is 11.6. The van der Waals surface area contributed by atoms with Crippen LogP contribution in [0, 0.1) is 0 Å². The summed E-state index contributed by atoms with van der Waals surface area (Å²) < 4.78 is 40.3. The van der Waals surface area contributed by atoms with E-state index in [4.69, 9.17) is 5.73 Å². The Morgan fingerprint density at radius 2 is 2.00 bits per heavy atom. The summed E-state index contributed by atoms with van der Waals surface area (Å²) in [5.41, 5.74) is 5.43.